The second-order valence-corrected chi connectivity index (χ2v) is 10.1. The maximum Gasteiger partial charge on any atom is 0.348 e. The van der Waals surface area contributed by atoms with Crippen molar-refractivity contribution in [3.8, 4) is 0 Å². The minimum Gasteiger partial charge on any atom is -0.462 e. The lowest BCUT2D eigenvalue weighted by molar-refractivity contribution is -0.120. The number of esters is 1. The van der Waals surface area contributed by atoms with Crippen LogP contribution in [0.5, 0.6) is 0 Å². The van der Waals surface area contributed by atoms with E-state index in [1.54, 1.807) is 6.92 Å². The molecule has 8 heteroatoms. The van der Waals surface area contributed by atoms with Gasteiger partial charge in [-0.2, -0.15) is 0 Å². The normalized spacial score (nSPS) is 13.0. The molecule has 170 valence electrons. The van der Waals surface area contributed by atoms with Gasteiger partial charge < -0.3 is 10.1 Å². The Bertz CT molecular complexity index is 1100. The van der Waals surface area contributed by atoms with E-state index < -0.39 is 0 Å². The fraction of sp³-hybridized carbons (Fsp3) is 0.417. The number of hydrogen-bond donors (Lipinski definition) is 1. The van der Waals surface area contributed by atoms with Crippen molar-refractivity contribution >= 4 is 45.2 Å². The lowest BCUT2D eigenvalue weighted by Crippen LogP contribution is -2.37. The summed E-state index contributed by atoms with van der Waals surface area (Å²) in [5, 5.41) is 4.32. The first-order valence-electron chi connectivity index (χ1n) is 10.8. The number of rotatable bonds is 9. The van der Waals surface area contributed by atoms with Gasteiger partial charge in [0.2, 0.25) is 5.91 Å². The SMILES string of the molecule is CCOC(=O)c1sc2nc(C)nc(S[C@H](C)C(=O)N[C@@H](C)CCc3ccccc3)c2c1C. The number of aromatic nitrogens is 2. The molecule has 1 aromatic carbocycles. The van der Waals surface area contributed by atoms with Crippen LogP contribution in [0.1, 0.15) is 53.8 Å². The van der Waals surface area contributed by atoms with Gasteiger partial charge in [0.25, 0.3) is 0 Å². The summed E-state index contributed by atoms with van der Waals surface area (Å²) in [7, 11) is 0. The summed E-state index contributed by atoms with van der Waals surface area (Å²) in [4.78, 5) is 35.5. The number of fused-ring (bicyclic) bond motifs is 1. The first kappa shape index (κ1) is 24.2. The largest absolute Gasteiger partial charge is 0.462 e. The van der Waals surface area contributed by atoms with Gasteiger partial charge in [0.05, 0.1) is 11.9 Å². The molecular weight excluding hydrogens is 442 g/mol. The number of aryl methyl sites for hydroxylation is 3. The van der Waals surface area contributed by atoms with Gasteiger partial charge in [0.15, 0.2) is 0 Å². The third kappa shape index (κ3) is 5.86. The first-order chi connectivity index (χ1) is 15.3. The van der Waals surface area contributed by atoms with Gasteiger partial charge in [-0.15, -0.1) is 11.3 Å². The lowest BCUT2D eigenvalue weighted by Gasteiger charge is -2.17. The molecule has 0 aliphatic carbocycles. The zero-order chi connectivity index (χ0) is 23.3. The highest BCUT2D eigenvalue weighted by atomic mass is 32.2. The number of ether oxygens (including phenoxy) is 1. The fourth-order valence-corrected chi connectivity index (χ4v) is 5.61. The van der Waals surface area contributed by atoms with Crippen molar-refractivity contribution in [2.45, 2.75) is 63.8 Å². The van der Waals surface area contributed by atoms with E-state index >= 15 is 0 Å². The van der Waals surface area contributed by atoms with Crippen molar-refractivity contribution in [3.05, 3.63) is 52.2 Å². The topological polar surface area (TPSA) is 81.2 Å². The average Bonchev–Trinajstić information content (AvgIpc) is 3.09. The smallest absolute Gasteiger partial charge is 0.348 e. The van der Waals surface area contributed by atoms with Crippen molar-refractivity contribution in [1.29, 1.82) is 0 Å². The highest BCUT2D eigenvalue weighted by Crippen LogP contribution is 2.37. The summed E-state index contributed by atoms with van der Waals surface area (Å²) in [6, 6.07) is 10.3. The molecule has 0 radical (unpaired) electrons. The Morgan fingerprint density at radius 3 is 2.56 bits per heavy atom. The highest BCUT2D eigenvalue weighted by molar-refractivity contribution is 8.00. The number of amides is 1. The molecule has 32 heavy (non-hydrogen) atoms. The number of hydrogen-bond acceptors (Lipinski definition) is 7. The fourth-order valence-electron chi connectivity index (χ4n) is 3.36. The van der Waals surface area contributed by atoms with Gasteiger partial charge in [-0.1, -0.05) is 42.1 Å². The monoisotopic (exact) mass is 471 g/mol. The van der Waals surface area contributed by atoms with Crippen LogP contribution in [-0.4, -0.2) is 39.7 Å². The van der Waals surface area contributed by atoms with Crippen LogP contribution < -0.4 is 5.32 Å². The molecular formula is C24H29N3O3S2. The molecule has 3 aromatic rings. The lowest BCUT2D eigenvalue weighted by atomic mass is 10.1. The quantitative estimate of drug-likeness (QED) is 0.266. The predicted molar refractivity (Wildman–Crippen MR) is 131 cm³/mol. The second kappa shape index (κ2) is 10.9. The summed E-state index contributed by atoms with van der Waals surface area (Å²) >= 11 is 2.71. The van der Waals surface area contributed by atoms with Crippen LogP contribution in [0, 0.1) is 13.8 Å². The van der Waals surface area contributed by atoms with Gasteiger partial charge in [-0.25, -0.2) is 14.8 Å². The molecule has 0 spiro atoms. The number of nitrogens with zero attached hydrogens (tertiary/aromatic N) is 2. The van der Waals surface area contributed by atoms with E-state index in [0.29, 0.717) is 17.3 Å². The van der Waals surface area contributed by atoms with E-state index in [1.807, 2.05) is 45.9 Å². The molecule has 0 saturated carbocycles. The number of carbonyl (C=O) groups is 2. The Hall–Kier alpha value is -2.45. The third-order valence-electron chi connectivity index (χ3n) is 5.08. The van der Waals surface area contributed by atoms with Crippen LogP contribution in [0.25, 0.3) is 10.2 Å². The average molecular weight is 472 g/mol. The van der Waals surface area contributed by atoms with E-state index in [1.165, 1.54) is 28.7 Å². The Morgan fingerprint density at radius 2 is 1.88 bits per heavy atom. The highest BCUT2D eigenvalue weighted by Gasteiger charge is 2.24. The van der Waals surface area contributed by atoms with Crippen molar-refractivity contribution in [3.63, 3.8) is 0 Å². The minimum atomic E-state index is -0.348. The molecule has 3 rings (SSSR count). The van der Waals surface area contributed by atoms with E-state index in [4.69, 9.17) is 4.74 Å². The molecule has 2 heterocycles. The number of thioether (sulfide) groups is 1. The number of carbonyl (C=O) groups excluding carboxylic acids is 2. The Balaban J connectivity index is 1.70. The number of benzene rings is 1. The van der Waals surface area contributed by atoms with Crippen molar-refractivity contribution in [2.24, 2.45) is 0 Å². The summed E-state index contributed by atoms with van der Waals surface area (Å²) in [6.07, 6.45) is 1.79. The van der Waals surface area contributed by atoms with Crippen LogP contribution in [0.3, 0.4) is 0 Å². The summed E-state index contributed by atoms with van der Waals surface area (Å²) in [5.41, 5.74) is 2.06. The van der Waals surface area contributed by atoms with Gasteiger partial charge in [0, 0.05) is 11.4 Å². The molecule has 0 bridgehead atoms. The molecule has 0 saturated heterocycles. The summed E-state index contributed by atoms with van der Waals surface area (Å²) < 4.78 is 5.18. The van der Waals surface area contributed by atoms with Crippen LogP contribution in [0.15, 0.2) is 35.4 Å². The van der Waals surface area contributed by atoms with Crippen molar-refractivity contribution in [2.75, 3.05) is 6.61 Å². The molecule has 2 atom stereocenters. The van der Waals surface area contributed by atoms with Crippen LogP contribution in [0.4, 0.5) is 0 Å². The Morgan fingerprint density at radius 1 is 1.16 bits per heavy atom. The zero-order valence-corrected chi connectivity index (χ0v) is 20.7. The van der Waals surface area contributed by atoms with E-state index in [9.17, 15) is 9.59 Å². The standard InChI is InChI=1S/C24H29N3O3S2/c1-6-30-24(29)20-15(3)19-22(26-17(5)27-23(19)32-20)31-16(4)21(28)25-14(2)12-13-18-10-8-7-9-11-18/h7-11,14,16H,6,12-13H2,1-5H3,(H,25,28)/t14-,16+/m0/s1. The molecule has 0 aliphatic rings. The number of nitrogens with one attached hydrogen (secondary N) is 1. The molecule has 0 fully saturated rings. The predicted octanol–water partition coefficient (Wildman–Crippen LogP) is 5.10. The first-order valence-corrected chi connectivity index (χ1v) is 12.5. The molecule has 1 amide bonds. The van der Waals surface area contributed by atoms with Gasteiger partial charge in [0.1, 0.15) is 20.6 Å². The minimum absolute atomic E-state index is 0.0292. The summed E-state index contributed by atoms with van der Waals surface area (Å²) in [5.74, 6) is 0.235. The van der Waals surface area contributed by atoms with Crippen LogP contribution >= 0.6 is 23.1 Å². The third-order valence-corrected chi connectivity index (χ3v) is 7.34. The van der Waals surface area contributed by atoms with E-state index in [2.05, 4.69) is 27.4 Å². The maximum absolute atomic E-state index is 12.8. The zero-order valence-electron chi connectivity index (χ0n) is 19.1. The maximum atomic E-state index is 12.8. The molecule has 1 N–H and O–H groups in total. The van der Waals surface area contributed by atoms with E-state index in [0.717, 1.165) is 33.6 Å². The van der Waals surface area contributed by atoms with Crippen molar-refractivity contribution < 1.29 is 14.3 Å². The van der Waals surface area contributed by atoms with Crippen LogP contribution in [-0.2, 0) is 16.0 Å². The van der Waals surface area contributed by atoms with Gasteiger partial charge >= 0.3 is 5.97 Å². The Labute approximate surface area is 197 Å². The molecule has 0 aliphatic heterocycles. The molecule has 0 unspecified atom stereocenters. The van der Waals surface area contributed by atoms with Gasteiger partial charge in [-0.05, 0) is 58.6 Å². The second-order valence-electron chi connectivity index (χ2n) is 7.73. The van der Waals surface area contributed by atoms with Gasteiger partial charge in [-0.3, -0.25) is 4.79 Å². The van der Waals surface area contributed by atoms with Crippen molar-refractivity contribution in [1.82, 2.24) is 15.3 Å². The molecule has 2 aromatic heterocycles. The Kier molecular flexibility index (Phi) is 8.26. The van der Waals surface area contributed by atoms with Crippen LogP contribution in [0.2, 0.25) is 0 Å². The molecule has 6 nitrogen and oxygen atoms in total. The number of thiophene rings is 1. The van der Waals surface area contributed by atoms with E-state index in [-0.39, 0.29) is 23.2 Å². The summed E-state index contributed by atoms with van der Waals surface area (Å²) in [6.45, 7) is 9.70.